The molecule has 0 saturated carbocycles. The van der Waals surface area contributed by atoms with Gasteiger partial charge in [0.25, 0.3) is 0 Å². The number of amides is 1. The van der Waals surface area contributed by atoms with E-state index in [0.29, 0.717) is 12.8 Å². The average Bonchev–Trinajstić information content (AvgIpc) is 2.45. The smallest absolute Gasteiger partial charge is 0.410 e. The van der Waals surface area contributed by atoms with Crippen LogP contribution in [-0.4, -0.2) is 46.2 Å². The van der Waals surface area contributed by atoms with Crippen molar-refractivity contribution in [2.45, 2.75) is 57.7 Å². The summed E-state index contributed by atoms with van der Waals surface area (Å²) in [7, 11) is 0. The molecule has 1 heterocycles. The largest absolute Gasteiger partial charge is 0.444 e. The molecule has 1 unspecified atom stereocenters. The van der Waals surface area contributed by atoms with E-state index in [1.54, 1.807) is 25.7 Å². The standard InChI is InChI=1S/C18H25NO4/c1-18(2,3)23-17(22)19-14(9-13-7-5-4-6-8-13)10-16(21)11-15(19)12-20/h4-8,14-15,20H,9-12H2,1-3H3/t14?,15-/m0/s1. The lowest BCUT2D eigenvalue weighted by atomic mass is 9.91. The number of nitrogens with zero attached hydrogens (tertiary/aromatic N) is 1. The van der Waals surface area contributed by atoms with Gasteiger partial charge in [0, 0.05) is 18.9 Å². The highest BCUT2D eigenvalue weighted by Gasteiger charge is 2.39. The molecular weight excluding hydrogens is 294 g/mol. The molecule has 0 radical (unpaired) electrons. The molecule has 2 atom stereocenters. The second-order valence-electron chi connectivity index (χ2n) is 7.01. The van der Waals surface area contributed by atoms with Crippen molar-refractivity contribution in [1.29, 1.82) is 0 Å². The van der Waals surface area contributed by atoms with Gasteiger partial charge >= 0.3 is 6.09 Å². The van der Waals surface area contributed by atoms with Gasteiger partial charge in [-0.2, -0.15) is 0 Å². The second kappa shape index (κ2) is 7.13. The number of Topliss-reactive ketones (excluding diaryl/α,β-unsaturated/α-hetero) is 1. The Balaban J connectivity index is 2.23. The maximum Gasteiger partial charge on any atom is 0.410 e. The molecule has 1 amide bonds. The number of benzene rings is 1. The number of aliphatic hydroxyl groups excluding tert-OH is 1. The molecule has 0 aromatic heterocycles. The molecule has 1 aromatic rings. The number of piperidine rings is 1. The van der Waals surface area contributed by atoms with E-state index in [0.717, 1.165) is 5.56 Å². The quantitative estimate of drug-likeness (QED) is 0.930. The van der Waals surface area contributed by atoms with E-state index in [1.807, 2.05) is 30.3 Å². The zero-order valence-corrected chi connectivity index (χ0v) is 14.0. The number of likely N-dealkylation sites (tertiary alicyclic amines) is 1. The summed E-state index contributed by atoms with van der Waals surface area (Å²) in [4.78, 5) is 26.1. The summed E-state index contributed by atoms with van der Waals surface area (Å²) in [5.74, 6) is 0.0739. The van der Waals surface area contributed by atoms with Crippen LogP contribution in [0.5, 0.6) is 0 Å². The number of aliphatic hydroxyl groups is 1. The second-order valence-corrected chi connectivity index (χ2v) is 7.01. The van der Waals surface area contributed by atoms with Gasteiger partial charge in [0.2, 0.25) is 0 Å². The van der Waals surface area contributed by atoms with Gasteiger partial charge in [-0.25, -0.2) is 4.79 Å². The zero-order chi connectivity index (χ0) is 17.0. The highest BCUT2D eigenvalue weighted by atomic mass is 16.6. The molecule has 126 valence electrons. The molecule has 1 aromatic carbocycles. The fraction of sp³-hybridized carbons (Fsp3) is 0.556. The van der Waals surface area contributed by atoms with Crippen molar-refractivity contribution in [3.05, 3.63) is 35.9 Å². The van der Waals surface area contributed by atoms with Crippen LogP contribution in [-0.2, 0) is 16.0 Å². The van der Waals surface area contributed by atoms with Crippen LogP contribution in [0.15, 0.2) is 30.3 Å². The fourth-order valence-corrected chi connectivity index (χ4v) is 2.93. The van der Waals surface area contributed by atoms with Gasteiger partial charge < -0.3 is 9.84 Å². The first-order valence-corrected chi connectivity index (χ1v) is 7.98. The average molecular weight is 319 g/mol. The number of carbonyl (C=O) groups is 2. The molecule has 0 aliphatic carbocycles. The Bertz CT molecular complexity index is 550. The van der Waals surface area contributed by atoms with E-state index in [2.05, 4.69) is 0 Å². The van der Waals surface area contributed by atoms with Crippen molar-refractivity contribution in [2.75, 3.05) is 6.61 Å². The van der Waals surface area contributed by atoms with Crippen LogP contribution >= 0.6 is 0 Å². The summed E-state index contributed by atoms with van der Waals surface area (Å²) in [6.07, 6.45) is 0.582. The highest BCUT2D eigenvalue weighted by Crippen LogP contribution is 2.26. The number of ketones is 1. The highest BCUT2D eigenvalue weighted by molar-refractivity contribution is 5.83. The van der Waals surface area contributed by atoms with E-state index in [1.165, 1.54) is 0 Å². The van der Waals surface area contributed by atoms with Gasteiger partial charge in [-0.1, -0.05) is 30.3 Å². The van der Waals surface area contributed by atoms with Crippen LogP contribution in [0.1, 0.15) is 39.2 Å². The summed E-state index contributed by atoms with van der Waals surface area (Å²) in [6.45, 7) is 5.18. The molecule has 5 nitrogen and oxygen atoms in total. The van der Waals surface area contributed by atoms with E-state index < -0.39 is 17.7 Å². The first-order chi connectivity index (χ1) is 10.8. The monoisotopic (exact) mass is 319 g/mol. The molecule has 5 heteroatoms. The minimum atomic E-state index is -0.615. The first-order valence-electron chi connectivity index (χ1n) is 7.98. The molecule has 1 aliphatic rings. The van der Waals surface area contributed by atoms with E-state index in [9.17, 15) is 14.7 Å². The van der Waals surface area contributed by atoms with Crippen molar-refractivity contribution in [1.82, 2.24) is 4.90 Å². The Morgan fingerprint density at radius 1 is 1.22 bits per heavy atom. The predicted octanol–water partition coefficient (Wildman–Crippen LogP) is 2.56. The van der Waals surface area contributed by atoms with Crippen molar-refractivity contribution >= 4 is 11.9 Å². The van der Waals surface area contributed by atoms with Crippen LogP contribution in [0.2, 0.25) is 0 Å². The summed E-state index contributed by atoms with van der Waals surface area (Å²) in [5.41, 5.74) is 0.438. The van der Waals surface area contributed by atoms with Crippen LogP contribution in [0.4, 0.5) is 4.79 Å². The predicted molar refractivity (Wildman–Crippen MR) is 87.1 cm³/mol. The Morgan fingerprint density at radius 3 is 2.39 bits per heavy atom. The van der Waals surface area contributed by atoms with Crippen LogP contribution in [0.3, 0.4) is 0 Å². The van der Waals surface area contributed by atoms with Crippen LogP contribution in [0, 0.1) is 0 Å². The molecule has 1 N–H and O–H groups in total. The van der Waals surface area contributed by atoms with Crippen LogP contribution < -0.4 is 0 Å². The Morgan fingerprint density at radius 2 is 1.83 bits per heavy atom. The molecule has 0 spiro atoms. The normalized spacial score (nSPS) is 22.1. The number of rotatable bonds is 3. The van der Waals surface area contributed by atoms with Gasteiger partial charge in [-0.05, 0) is 32.8 Å². The lowest BCUT2D eigenvalue weighted by Gasteiger charge is -2.41. The van der Waals surface area contributed by atoms with Gasteiger partial charge in [-0.15, -0.1) is 0 Å². The summed E-state index contributed by atoms with van der Waals surface area (Å²) < 4.78 is 5.48. The van der Waals surface area contributed by atoms with Gasteiger partial charge in [0.1, 0.15) is 11.4 Å². The fourth-order valence-electron chi connectivity index (χ4n) is 2.93. The number of hydrogen-bond donors (Lipinski definition) is 1. The Kier molecular flexibility index (Phi) is 5.42. The number of carbonyl (C=O) groups excluding carboxylic acids is 2. The van der Waals surface area contributed by atoms with Crippen molar-refractivity contribution in [3.63, 3.8) is 0 Å². The van der Waals surface area contributed by atoms with Crippen molar-refractivity contribution in [2.24, 2.45) is 0 Å². The molecule has 23 heavy (non-hydrogen) atoms. The topological polar surface area (TPSA) is 66.8 Å². The third kappa shape index (κ3) is 4.79. The molecule has 2 rings (SSSR count). The SMILES string of the molecule is CC(C)(C)OC(=O)N1C(Cc2ccccc2)CC(=O)C[C@H]1CO. The third-order valence-electron chi connectivity index (χ3n) is 3.84. The molecule has 1 aliphatic heterocycles. The van der Waals surface area contributed by atoms with Gasteiger partial charge in [-0.3, -0.25) is 9.69 Å². The maximum absolute atomic E-state index is 12.6. The summed E-state index contributed by atoms with van der Waals surface area (Å²) >= 11 is 0. The summed E-state index contributed by atoms with van der Waals surface area (Å²) in [6, 6.07) is 8.94. The molecule has 0 bridgehead atoms. The molecular formula is C18H25NO4. The minimum Gasteiger partial charge on any atom is -0.444 e. The minimum absolute atomic E-state index is 0.0739. The van der Waals surface area contributed by atoms with Gasteiger partial charge in [0.15, 0.2) is 0 Å². The lowest BCUT2D eigenvalue weighted by molar-refractivity contribution is -0.125. The first kappa shape index (κ1) is 17.5. The Labute approximate surface area is 137 Å². The zero-order valence-electron chi connectivity index (χ0n) is 14.0. The number of hydrogen-bond acceptors (Lipinski definition) is 4. The van der Waals surface area contributed by atoms with E-state index in [-0.39, 0.29) is 24.9 Å². The van der Waals surface area contributed by atoms with Crippen molar-refractivity contribution < 1.29 is 19.4 Å². The molecule has 1 fully saturated rings. The van der Waals surface area contributed by atoms with Crippen LogP contribution in [0.25, 0.3) is 0 Å². The van der Waals surface area contributed by atoms with Gasteiger partial charge in [0.05, 0.1) is 12.6 Å². The molecule has 1 saturated heterocycles. The van der Waals surface area contributed by atoms with E-state index >= 15 is 0 Å². The lowest BCUT2D eigenvalue weighted by Crippen LogP contribution is -2.55. The summed E-state index contributed by atoms with van der Waals surface area (Å²) in [5, 5.41) is 9.61. The maximum atomic E-state index is 12.6. The van der Waals surface area contributed by atoms with E-state index in [4.69, 9.17) is 4.74 Å². The third-order valence-corrected chi connectivity index (χ3v) is 3.84. The van der Waals surface area contributed by atoms with Crippen molar-refractivity contribution in [3.8, 4) is 0 Å². The Hall–Kier alpha value is -1.88. The number of ether oxygens (including phenoxy) is 1.